The Balaban J connectivity index is 2.14. The van der Waals surface area contributed by atoms with Crippen LogP contribution in [0.5, 0.6) is 0 Å². The van der Waals surface area contributed by atoms with Gasteiger partial charge in [0.05, 0.1) is 0 Å². The average Bonchev–Trinajstić information content (AvgIpc) is 2.60. The van der Waals surface area contributed by atoms with Gasteiger partial charge in [-0.3, -0.25) is 4.79 Å². The third-order valence-corrected chi connectivity index (χ3v) is 2.71. The molecule has 0 saturated heterocycles. The first kappa shape index (κ1) is 16.2. The summed E-state index contributed by atoms with van der Waals surface area (Å²) in [5.74, 6) is 11.1. The van der Waals surface area contributed by atoms with Gasteiger partial charge in [0.1, 0.15) is 0 Å². The minimum absolute atomic E-state index is 0.267. The van der Waals surface area contributed by atoms with Gasteiger partial charge < -0.3 is 4.65 Å². The monoisotopic (exact) mass is 297 g/mol. The van der Waals surface area contributed by atoms with Crippen molar-refractivity contribution in [3.8, 4) is 23.7 Å². The molecule has 0 aliphatic heterocycles. The Morgan fingerprint density at radius 1 is 0.913 bits per heavy atom. The van der Waals surface area contributed by atoms with Crippen molar-refractivity contribution in [3.63, 3.8) is 0 Å². The van der Waals surface area contributed by atoms with Crippen LogP contribution in [-0.2, 0) is 9.45 Å². The molecule has 0 aromatic heterocycles. The Kier molecular flexibility index (Phi) is 6.33. The van der Waals surface area contributed by atoms with Crippen LogP contribution in [0.2, 0.25) is 6.82 Å². The fourth-order valence-corrected chi connectivity index (χ4v) is 1.69. The highest BCUT2D eigenvalue weighted by molar-refractivity contribution is 6.25. The minimum atomic E-state index is -0.354. The molecule has 0 atom stereocenters. The maximum atomic E-state index is 11.9. The second-order valence-corrected chi connectivity index (χ2v) is 4.46. The lowest BCUT2D eigenvalue weighted by Gasteiger charge is -1.99. The van der Waals surface area contributed by atoms with E-state index in [0.29, 0.717) is 0 Å². The van der Waals surface area contributed by atoms with Gasteiger partial charge in [-0.05, 0) is 36.1 Å². The number of hydrogen-bond acceptors (Lipinski definition) is 2. The van der Waals surface area contributed by atoms with Gasteiger partial charge in [0, 0.05) is 17.2 Å². The molecule has 2 aromatic carbocycles. The van der Waals surface area contributed by atoms with Crippen LogP contribution in [0.1, 0.15) is 11.1 Å². The number of hydrogen-bond donors (Lipinski definition) is 0. The van der Waals surface area contributed by atoms with E-state index in [1.54, 1.807) is 6.82 Å². The van der Waals surface area contributed by atoms with Crippen molar-refractivity contribution in [3.05, 3.63) is 83.6 Å². The second kappa shape index (κ2) is 8.98. The maximum Gasteiger partial charge on any atom is 0.367 e. The summed E-state index contributed by atoms with van der Waals surface area (Å²) in [6.07, 6.45) is 1.30. The van der Waals surface area contributed by atoms with Gasteiger partial charge in [0.15, 0.2) is 5.76 Å². The number of rotatable bonds is 3. The molecule has 109 valence electrons. The molecule has 0 heterocycles. The molecule has 0 aliphatic carbocycles. The smallest absolute Gasteiger partial charge is 0.367 e. The predicted octanol–water partition coefficient (Wildman–Crippen LogP) is 3.23. The van der Waals surface area contributed by atoms with Crippen LogP contribution in [0, 0.1) is 23.7 Å². The summed E-state index contributed by atoms with van der Waals surface area (Å²) in [5.41, 5.74) is 1.63. The van der Waals surface area contributed by atoms with Gasteiger partial charge in [0.2, 0.25) is 5.78 Å². The zero-order chi connectivity index (χ0) is 16.3. The summed E-state index contributed by atoms with van der Waals surface area (Å²) in [6.45, 7) is 1.72. The highest BCUT2D eigenvalue weighted by Crippen LogP contribution is 2.00. The molecule has 0 unspecified atom stereocenters. The van der Waals surface area contributed by atoms with Gasteiger partial charge in [-0.15, -0.1) is 0 Å². The quantitative estimate of drug-likeness (QED) is 0.376. The Labute approximate surface area is 137 Å². The van der Waals surface area contributed by atoms with Crippen LogP contribution < -0.4 is 0 Å². The molecule has 0 amide bonds. The van der Waals surface area contributed by atoms with Crippen LogP contribution in [-0.4, -0.2) is 13.3 Å². The Bertz CT molecular complexity index is 801. The number of benzene rings is 2. The van der Waals surface area contributed by atoms with Crippen LogP contribution in [0.4, 0.5) is 0 Å². The van der Waals surface area contributed by atoms with Crippen molar-refractivity contribution in [2.24, 2.45) is 0 Å². The second-order valence-electron chi connectivity index (χ2n) is 4.46. The summed E-state index contributed by atoms with van der Waals surface area (Å²) in [5, 5.41) is 0. The lowest BCUT2D eigenvalue weighted by Crippen LogP contribution is -1.97. The molecule has 0 spiro atoms. The van der Waals surface area contributed by atoms with Gasteiger partial charge in [-0.25, -0.2) is 0 Å². The van der Waals surface area contributed by atoms with E-state index >= 15 is 0 Å². The highest BCUT2D eigenvalue weighted by Gasteiger charge is 1.98. The zero-order valence-corrected chi connectivity index (χ0v) is 12.7. The van der Waals surface area contributed by atoms with Crippen molar-refractivity contribution in [2.45, 2.75) is 6.82 Å². The predicted molar refractivity (Wildman–Crippen MR) is 92.4 cm³/mol. The zero-order valence-electron chi connectivity index (χ0n) is 12.7. The number of carbonyl (C=O) groups is 1. The molecule has 0 saturated carbocycles. The fraction of sp³-hybridized carbons (Fsp3) is 0.0500. The Morgan fingerprint density at radius 2 is 1.43 bits per heavy atom. The van der Waals surface area contributed by atoms with E-state index in [9.17, 15) is 4.79 Å². The van der Waals surface area contributed by atoms with Gasteiger partial charge >= 0.3 is 7.48 Å². The summed E-state index contributed by atoms with van der Waals surface area (Å²) in [7, 11) is 1.48. The molecule has 1 radical (unpaired) electrons. The van der Waals surface area contributed by atoms with Crippen molar-refractivity contribution in [1.82, 2.24) is 0 Å². The van der Waals surface area contributed by atoms with E-state index in [0.717, 1.165) is 11.1 Å². The summed E-state index contributed by atoms with van der Waals surface area (Å²) < 4.78 is 5.26. The van der Waals surface area contributed by atoms with E-state index in [1.807, 2.05) is 60.7 Å². The molecule has 0 aliphatic rings. The number of ketones is 1. The number of carbonyl (C=O) groups excluding carboxylic acids is 1. The first-order chi connectivity index (χ1) is 11.3. The molecule has 2 nitrogen and oxygen atoms in total. The van der Waals surface area contributed by atoms with Gasteiger partial charge in [-0.2, -0.15) is 0 Å². The van der Waals surface area contributed by atoms with Crippen molar-refractivity contribution < 1.29 is 9.45 Å². The summed E-state index contributed by atoms with van der Waals surface area (Å²) in [4.78, 5) is 11.9. The molecule has 0 fully saturated rings. The standard InChI is InChI=1S/C20H14BO2/c1-21-23-20(15-13-18-10-6-3-7-11-18)16-19(22)14-12-17-8-4-2-5-9-17/h2-11,16H,1H3/b20-16-. The van der Waals surface area contributed by atoms with E-state index in [1.165, 1.54) is 13.6 Å². The molecule has 3 heteroatoms. The fourth-order valence-electron chi connectivity index (χ4n) is 1.69. The lowest BCUT2D eigenvalue weighted by atomic mass is 10.1. The third-order valence-electron chi connectivity index (χ3n) is 2.71. The molecule has 2 aromatic rings. The van der Waals surface area contributed by atoms with Crippen LogP contribution in [0.25, 0.3) is 0 Å². The topological polar surface area (TPSA) is 26.3 Å². The number of allylic oxidation sites excluding steroid dienone is 2. The van der Waals surface area contributed by atoms with Crippen LogP contribution in [0.3, 0.4) is 0 Å². The summed E-state index contributed by atoms with van der Waals surface area (Å²) >= 11 is 0. The minimum Gasteiger partial charge on any atom is -0.558 e. The van der Waals surface area contributed by atoms with Gasteiger partial charge in [0.25, 0.3) is 0 Å². The molecule has 0 N–H and O–H groups in total. The molecular formula is C20H14BO2. The Morgan fingerprint density at radius 3 is 1.96 bits per heavy atom. The molecular weight excluding hydrogens is 283 g/mol. The van der Waals surface area contributed by atoms with Crippen LogP contribution >= 0.6 is 0 Å². The van der Waals surface area contributed by atoms with Crippen molar-refractivity contribution in [1.29, 1.82) is 0 Å². The Hall–Kier alpha value is -3.17. The molecule has 2 rings (SSSR count). The average molecular weight is 297 g/mol. The summed E-state index contributed by atoms with van der Waals surface area (Å²) in [6, 6.07) is 18.8. The maximum absolute atomic E-state index is 11.9. The first-order valence-corrected chi connectivity index (χ1v) is 7.12. The molecule has 0 bridgehead atoms. The van der Waals surface area contributed by atoms with Gasteiger partial charge in [-0.1, -0.05) is 55.1 Å². The van der Waals surface area contributed by atoms with Crippen molar-refractivity contribution >= 4 is 13.3 Å². The van der Waals surface area contributed by atoms with Crippen molar-refractivity contribution in [2.75, 3.05) is 0 Å². The third kappa shape index (κ3) is 6.00. The normalized spacial score (nSPS) is 9.70. The largest absolute Gasteiger partial charge is 0.558 e. The van der Waals surface area contributed by atoms with E-state index < -0.39 is 0 Å². The first-order valence-electron chi connectivity index (χ1n) is 7.12. The SMILES string of the molecule is C[B]O/C(C#Cc1ccccc1)=C\C(=O)C#Cc1ccccc1. The highest BCUT2D eigenvalue weighted by atomic mass is 16.4. The van der Waals surface area contributed by atoms with E-state index in [2.05, 4.69) is 23.7 Å². The van der Waals surface area contributed by atoms with E-state index in [4.69, 9.17) is 4.65 Å². The van der Waals surface area contributed by atoms with Crippen LogP contribution in [0.15, 0.2) is 72.5 Å². The molecule has 23 heavy (non-hydrogen) atoms. The lowest BCUT2D eigenvalue weighted by molar-refractivity contribution is -0.109. The van der Waals surface area contributed by atoms with E-state index in [-0.39, 0.29) is 11.5 Å².